The Morgan fingerprint density at radius 1 is 1.19 bits per heavy atom. The first-order valence-corrected chi connectivity index (χ1v) is 4.36. The quantitative estimate of drug-likeness (QED) is 0.415. The Morgan fingerprint density at radius 2 is 1.81 bits per heavy atom. The number of esters is 2. The first kappa shape index (κ1) is 13.9. The van der Waals surface area contributed by atoms with Gasteiger partial charge in [-0.1, -0.05) is 0 Å². The van der Waals surface area contributed by atoms with Crippen molar-refractivity contribution < 1.29 is 28.6 Å². The number of amides is 1. The Labute approximate surface area is 92.3 Å². The summed E-state index contributed by atoms with van der Waals surface area (Å²) in [5.41, 5.74) is -0.354. The molecule has 1 amide bonds. The summed E-state index contributed by atoms with van der Waals surface area (Å²) in [4.78, 5) is 33.0. The highest BCUT2D eigenvalue weighted by molar-refractivity contribution is 5.98. The second kappa shape index (κ2) is 7.27. The number of methoxy groups -OCH3 is 2. The van der Waals surface area contributed by atoms with Crippen LogP contribution in [0.25, 0.3) is 0 Å². The molecule has 0 aromatic heterocycles. The summed E-state index contributed by atoms with van der Waals surface area (Å²) < 4.78 is 13.2. The topological polar surface area (TPSA) is 90.9 Å². The molecule has 7 nitrogen and oxygen atoms in total. The molecule has 16 heavy (non-hydrogen) atoms. The fraction of sp³-hybridized carbons (Fsp3) is 0.444. The van der Waals surface area contributed by atoms with Crippen LogP contribution in [0.3, 0.4) is 0 Å². The number of carbonyl (C=O) groups excluding carboxylic acids is 3. The second-order valence-corrected chi connectivity index (χ2v) is 2.42. The van der Waals surface area contributed by atoms with Gasteiger partial charge in [-0.3, -0.25) is 5.32 Å². The van der Waals surface area contributed by atoms with Crippen LogP contribution in [0.1, 0.15) is 6.92 Å². The van der Waals surface area contributed by atoms with Gasteiger partial charge in [-0.05, 0) is 6.92 Å². The van der Waals surface area contributed by atoms with Crippen LogP contribution in [0.2, 0.25) is 0 Å². The summed E-state index contributed by atoms with van der Waals surface area (Å²) in [7, 11) is 2.25. The van der Waals surface area contributed by atoms with Crippen LogP contribution in [0.5, 0.6) is 0 Å². The summed E-state index contributed by atoms with van der Waals surface area (Å²) in [5, 5.41) is 2.06. The largest absolute Gasteiger partial charge is 0.466 e. The minimum absolute atomic E-state index is 0.137. The van der Waals surface area contributed by atoms with Crippen molar-refractivity contribution in [1.82, 2.24) is 5.32 Å². The molecule has 0 radical (unpaired) electrons. The lowest BCUT2D eigenvalue weighted by molar-refractivity contribution is -0.138. The predicted molar refractivity (Wildman–Crippen MR) is 52.3 cm³/mol. The molecule has 0 aromatic rings. The van der Waals surface area contributed by atoms with Gasteiger partial charge >= 0.3 is 18.0 Å². The van der Waals surface area contributed by atoms with E-state index in [4.69, 9.17) is 0 Å². The predicted octanol–water partition coefficient (Wildman–Crippen LogP) is -0.0376. The Kier molecular flexibility index (Phi) is 6.34. The molecule has 90 valence electrons. The standard InChI is InChI=1S/C9H13NO6/c1-4-16-9(13)10-6(8(12)15-3)5-7(11)14-2/h5H,4H2,1-3H3,(H,10,13)/b6-5-. The number of alkyl carbamates (subject to hydrolysis) is 1. The zero-order valence-electron chi connectivity index (χ0n) is 9.23. The van der Waals surface area contributed by atoms with Gasteiger partial charge in [0.05, 0.1) is 26.9 Å². The van der Waals surface area contributed by atoms with Crippen LogP contribution in [0.4, 0.5) is 4.79 Å². The third-order valence-electron chi connectivity index (χ3n) is 1.38. The molecule has 0 rings (SSSR count). The Morgan fingerprint density at radius 3 is 2.25 bits per heavy atom. The zero-order chi connectivity index (χ0) is 12.6. The van der Waals surface area contributed by atoms with Gasteiger partial charge in [0.25, 0.3) is 0 Å². The molecule has 0 fully saturated rings. The van der Waals surface area contributed by atoms with E-state index in [2.05, 4.69) is 19.5 Å². The van der Waals surface area contributed by atoms with E-state index in [1.165, 1.54) is 0 Å². The summed E-state index contributed by atoms with van der Waals surface area (Å²) in [6.07, 6.45) is -0.0639. The van der Waals surface area contributed by atoms with E-state index in [-0.39, 0.29) is 12.3 Å². The van der Waals surface area contributed by atoms with E-state index < -0.39 is 18.0 Å². The number of hydrogen-bond donors (Lipinski definition) is 1. The fourth-order valence-corrected chi connectivity index (χ4v) is 0.710. The average molecular weight is 231 g/mol. The SMILES string of the molecule is CCOC(=O)N/C(=C\C(=O)OC)C(=O)OC. The molecule has 0 saturated carbocycles. The van der Waals surface area contributed by atoms with Crippen LogP contribution >= 0.6 is 0 Å². The first-order chi connectivity index (χ1) is 7.54. The molecule has 0 aliphatic heterocycles. The highest BCUT2D eigenvalue weighted by Gasteiger charge is 2.15. The molecule has 0 aliphatic carbocycles. The maximum Gasteiger partial charge on any atom is 0.411 e. The zero-order valence-corrected chi connectivity index (χ0v) is 9.23. The minimum atomic E-state index is -0.876. The van der Waals surface area contributed by atoms with E-state index in [1.54, 1.807) is 6.92 Å². The van der Waals surface area contributed by atoms with Gasteiger partial charge in [0, 0.05) is 0 Å². The van der Waals surface area contributed by atoms with E-state index >= 15 is 0 Å². The van der Waals surface area contributed by atoms with E-state index in [1.807, 2.05) is 0 Å². The Hall–Kier alpha value is -2.05. The van der Waals surface area contributed by atoms with Crippen molar-refractivity contribution in [3.8, 4) is 0 Å². The van der Waals surface area contributed by atoms with E-state index in [0.29, 0.717) is 0 Å². The molecular formula is C9H13NO6. The molecule has 0 unspecified atom stereocenters. The molecule has 0 spiro atoms. The number of ether oxygens (including phenoxy) is 3. The molecule has 7 heteroatoms. The van der Waals surface area contributed by atoms with Crippen molar-refractivity contribution in [1.29, 1.82) is 0 Å². The fourth-order valence-electron chi connectivity index (χ4n) is 0.710. The monoisotopic (exact) mass is 231 g/mol. The van der Waals surface area contributed by atoms with Crippen LogP contribution in [0, 0.1) is 0 Å². The number of carbonyl (C=O) groups is 3. The minimum Gasteiger partial charge on any atom is -0.466 e. The summed E-state index contributed by atoms with van der Waals surface area (Å²) in [6.45, 7) is 1.74. The molecule has 0 heterocycles. The maximum absolute atomic E-state index is 11.1. The van der Waals surface area contributed by atoms with E-state index in [9.17, 15) is 14.4 Å². The average Bonchev–Trinajstić information content (AvgIpc) is 2.27. The lowest BCUT2D eigenvalue weighted by Crippen LogP contribution is -2.29. The number of rotatable bonds is 4. The van der Waals surface area contributed by atoms with Gasteiger partial charge in [-0.25, -0.2) is 14.4 Å². The number of hydrogen-bond acceptors (Lipinski definition) is 6. The second-order valence-electron chi connectivity index (χ2n) is 2.42. The van der Waals surface area contributed by atoms with Gasteiger partial charge in [0.2, 0.25) is 0 Å². The lowest BCUT2D eigenvalue weighted by Gasteiger charge is -2.07. The molecule has 0 aliphatic rings. The highest BCUT2D eigenvalue weighted by atomic mass is 16.6. The van der Waals surface area contributed by atoms with Crippen LogP contribution in [0.15, 0.2) is 11.8 Å². The summed E-state index contributed by atoms with van der Waals surface area (Å²) in [5.74, 6) is -1.67. The molecule has 0 bridgehead atoms. The molecular weight excluding hydrogens is 218 g/mol. The lowest BCUT2D eigenvalue weighted by atomic mass is 10.4. The van der Waals surface area contributed by atoms with Crippen molar-refractivity contribution in [2.75, 3.05) is 20.8 Å². The Bertz CT molecular complexity index is 309. The van der Waals surface area contributed by atoms with Crippen molar-refractivity contribution >= 4 is 18.0 Å². The van der Waals surface area contributed by atoms with Crippen molar-refractivity contribution in [2.24, 2.45) is 0 Å². The van der Waals surface area contributed by atoms with Gasteiger partial charge < -0.3 is 14.2 Å². The van der Waals surface area contributed by atoms with Crippen molar-refractivity contribution in [3.05, 3.63) is 11.8 Å². The summed E-state index contributed by atoms with van der Waals surface area (Å²) in [6, 6.07) is 0. The van der Waals surface area contributed by atoms with Crippen molar-refractivity contribution in [3.63, 3.8) is 0 Å². The third kappa shape index (κ3) is 4.99. The maximum atomic E-state index is 11.1. The van der Waals surface area contributed by atoms with Crippen LogP contribution < -0.4 is 5.32 Å². The Balaban J connectivity index is 4.68. The van der Waals surface area contributed by atoms with Gasteiger partial charge in [-0.2, -0.15) is 0 Å². The first-order valence-electron chi connectivity index (χ1n) is 4.36. The molecule has 0 saturated heterocycles. The van der Waals surface area contributed by atoms with Crippen LogP contribution in [-0.4, -0.2) is 38.9 Å². The number of nitrogens with one attached hydrogen (secondary N) is 1. The smallest absolute Gasteiger partial charge is 0.411 e. The normalized spacial score (nSPS) is 10.3. The van der Waals surface area contributed by atoms with Crippen LogP contribution in [-0.2, 0) is 23.8 Å². The van der Waals surface area contributed by atoms with Gasteiger partial charge in [0.1, 0.15) is 5.70 Å². The molecule has 0 atom stereocenters. The highest BCUT2D eigenvalue weighted by Crippen LogP contribution is 1.95. The van der Waals surface area contributed by atoms with Gasteiger partial charge in [-0.15, -0.1) is 0 Å². The third-order valence-corrected chi connectivity index (χ3v) is 1.38. The van der Waals surface area contributed by atoms with E-state index in [0.717, 1.165) is 20.3 Å². The van der Waals surface area contributed by atoms with Crippen molar-refractivity contribution in [2.45, 2.75) is 6.92 Å². The molecule has 0 aromatic carbocycles. The van der Waals surface area contributed by atoms with Gasteiger partial charge in [0.15, 0.2) is 0 Å². The summed E-state index contributed by atoms with van der Waals surface area (Å²) >= 11 is 0. The molecule has 1 N–H and O–H groups in total.